The molecule has 0 aliphatic carbocycles. The average Bonchev–Trinajstić information content (AvgIpc) is 2.89. The van der Waals surface area contributed by atoms with E-state index in [0.29, 0.717) is 27.2 Å². The number of hydrogen-bond donors (Lipinski definition) is 0. The fourth-order valence-electron chi connectivity index (χ4n) is 2.30. The van der Waals surface area contributed by atoms with Gasteiger partial charge in [-0.25, -0.2) is 0 Å². The van der Waals surface area contributed by atoms with Gasteiger partial charge in [0, 0.05) is 10.6 Å². The number of nitrogens with zero attached hydrogens (tertiary/aromatic N) is 2. The number of carbonyl (C=O) groups excluding carboxylic acids is 1. The second-order valence-electron chi connectivity index (χ2n) is 4.73. The summed E-state index contributed by atoms with van der Waals surface area (Å²) < 4.78 is 5.32. The van der Waals surface area contributed by atoms with Crippen LogP contribution in [0.4, 0.5) is 5.69 Å². The zero-order chi connectivity index (χ0) is 15.7. The van der Waals surface area contributed by atoms with Crippen LogP contribution in [-0.2, 0) is 4.79 Å². The van der Waals surface area contributed by atoms with Gasteiger partial charge in [-0.1, -0.05) is 35.3 Å². The largest absolute Gasteiger partial charge is 0.496 e. The zero-order valence-electron chi connectivity index (χ0n) is 11.7. The Morgan fingerprint density at radius 1 is 1.18 bits per heavy atom. The minimum absolute atomic E-state index is 0.148. The molecule has 1 aliphatic heterocycles. The molecule has 1 aliphatic rings. The summed E-state index contributed by atoms with van der Waals surface area (Å²) in [5.74, 6) is 0.531. The van der Waals surface area contributed by atoms with Crippen molar-refractivity contribution in [3.8, 4) is 5.75 Å². The molecule has 2 aromatic carbocycles. The maximum atomic E-state index is 12.3. The van der Waals surface area contributed by atoms with Crippen LogP contribution in [-0.4, -0.2) is 18.7 Å². The first-order chi connectivity index (χ1) is 10.6. The van der Waals surface area contributed by atoms with Gasteiger partial charge in [-0.2, -0.15) is 10.1 Å². The molecule has 2 aromatic rings. The van der Waals surface area contributed by atoms with E-state index in [4.69, 9.17) is 27.9 Å². The van der Waals surface area contributed by atoms with Crippen molar-refractivity contribution >= 4 is 40.5 Å². The van der Waals surface area contributed by atoms with E-state index < -0.39 is 0 Å². The molecular weight excluding hydrogens is 323 g/mol. The highest BCUT2D eigenvalue weighted by Crippen LogP contribution is 2.33. The van der Waals surface area contributed by atoms with Gasteiger partial charge in [-0.05, 0) is 30.3 Å². The maximum Gasteiger partial charge on any atom is 0.253 e. The number of halogens is 2. The van der Waals surface area contributed by atoms with Gasteiger partial charge in [-0.3, -0.25) is 4.79 Å². The van der Waals surface area contributed by atoms with E-state index in [9.17, 15) is 4.79 Å². The summed E-state index contributed by atoms with van der Waals surface area (Å²) in [6, 6.07) is 12.4. The minimum atomic E-state index is -0.148. The van der Waals surface area contributed by atoms with Crippen molar-refractivity contribution < 1.29 is 9.53 Å². The Kier molecular flexibility index (Phi) is 4.05. The van der Waals surface area contributed by atoms with Crippen LogP contribution in [0.3, 0.4) is 0 Å². The van der Waals surface area contributed by atoms with Crippen LogP contribution in [0.5, 0.6) is 5.75 Å². The minimum Gasteiger partial charge on any atom is -0.496 e. The van der Waals surface area contributed by atoms with Crippen molar-refractivity contribution in [1.29, 1.82) is 0 Å². The number of amides is 1. The lowest BCUT2D eigenvalue weighted by Crippen LogP contribution is -2.19. The zero-order valence-corrected chi connectivity index (χ0v) is 13.2. The van der Waals surface area contributed by atoms with E-state index in [1.54, 1.807) is 25.3 Å². The lowest BCUT2D eigenvalue weighted by Gasteiger charge is -2.13. The molecule has 0 bridgehead atoms. The normalized spacial score (nSPS) is 14.2. The highest BCUT2D eigenvalue weighted by molar-refractivity contribution is 6.37. The monoisotopic (exact) mass is 334 g/mol. The van der Waals surface area contributed by atoms with E-state index in [1.165, 1.54) is 5.01 Å². The van der Waals surface area contributed by atoms with Gasteiger partial charge in [0.05, 0.1) is 30.0 Å². The van der Waals surface area contributed by atoms with Crippen LogP contribution in [0.25, 0.3) is 0 Å². The highest BCUT2D eigenvalue weighted by Gasteiger charge is 2.28. The molecular formula is C16H12Cl2N2O2. The van der Waals surface area contributed by atoms with Gasteiger partial charge < -0.3 is 4.74 Å². The fraction of sp³-hybridized carbons (Fsp3) is 0.125. The Labute approximate surface area is 137 Å². The Hall–Kier alpha value is -2.04. The molecule has 3 rings (SSSR count). The molecule has 0 atom stereocenters. The number of carbonyl (C=O) groups is 1. The molecule has 0 saturated carbocycles. The third kappa shape index (κ3) is 2.67. The van der Waals surface area contributed by atoms with Gasteiger partial charge >= 0.3 is 0 Å². The lowest BCUT2D eigenvalue weighted by atomic mass is 10.1. The molecule has 22 heavy (non-hydrogen) atoms. The molecule has 4 nitrogen and oxygen atoms in total. The molecule has 0 aromatic heterocycles. The molecule has 6 heteroatoms. The van der Waals surface area contributed by atoms with Crippen molar-refractivity contribution in [2.24, 2.45) is 5.10 Å². The molecule has 0 saturated heterocycles. The Bertz CT molecular complexity index is 774. The van der Waals surface area contributed by atoms with E-state index in [1.807, 2.05) is 24.3 Å². The van der Waals surface area contributed by atoms with Gasteiger partial charge in [0.15, 0.2) is 0 Å². The van der Waals surface area contributed by atoms with E-state index in [0.717, 1.165) is 5.56 Å². The highest BCUT2D eigenvalue weighted by atomic mass is 35.5. The Morgan fingerprint density at radius 3 is 2.68 bits per heavy atom. The fourth-order valence-corrected chi connectivity index (χ4v) is 2.79. The SMILES string of the molecule is COc1ccccc1C1=NN(c2ccc(Cl)cc2Cl)C(=O)C1. The molecule has 1 amide bonds. The molecule has 112 valence electrons. The summed E-state index contributed by atoms with van der Waals surface area (Å²) >= 11 is 12.0. The second kappa shape index (κ2) is 5.99. The molecule has 0 fully saturated rings. The van der Waals surface area contributed by atoms with Gasteiger partial charge in [0.1, 0.15) is 5.75 Å². The van der Waals surface area contributed by atoms with Crippen molar-refractivity contribution in [2.75, 3.05) is 12.1 Å². The van der Waals surface area contributed by atoms with Crippen molar-refractivity contribution in [2.45, 2.75) is 6.42 Å². The van der Waals surface area contributed by atoms with Gasteiger partial charge in [0.25, 0.3) is 5.91 Å². The summed E-state index contributed by atoms with van der Waals surface area (Å²) in [7, 11) is 1.59. The van der Waals surface area contributed by atoms with E-state index in [2.05, 4.69) is 5.10 Å². The van der Waals surface area contributed by atoms with Crippen molar-refractivity contribution in [3.63, 3.8) is 0 Å². The van der Waals surface area contributed by atoms with Crippen LogP contribution in [0.1, 0.15) is 12.0 Å². The first kappa shape index (κ1) is 14.9. The average molecular weight is 335 g/mol. The van der Waals surface area contributed by atoms with Crippen LogP contribution in [0.15, 0.2) is 47.6 Å². The number of methoxy groups -OCH3 is 1. The number of hydrogen-bond acceptors (Lipinski definition) is 3. The summed E-state index contributed by atoms with van der Waals surface area (Å²) in [6.45, 7) is 0. The standard InChI is InChI=1S/C16H12Cl2N2O2/c1-22-15-5-3-2-4-11(15)13-9-16(21)20(19-13)14-7-6-10(17)8-12(14)18/h2-8H,9H2,1H3. The predicted octanol–water partition coefficient (Wildman–Crippen LogP) is 4.14. The van der Waals surface area contributed by atoms with Crippen molar-refractivity contribution in [3.05, 3.63) is 58.1 Å². The maximum absolute atomic E-state index is 12.3. The topological polar surface area (TPSA) is 41.9 Å². The molecule has 0 spiro atoms. The van der Waals surface area contributed by atoms with Crippen LogP contribution >= 0.6 is 23.2 Å². The number of rotatable bonds is 3. The van der Waals surface area contributed by atoms with E-state index >= 15 is 0 Å². The summed E-state index contributed by atoms with van der Waals surface area (Å²) in [5.41, 5.74) is 1.96. The Morgan fingerprint density at radius 2 is 1.95 bits per heavy atom. The van der Waals surface area contributed by atoms with Gasteiger partial charge in [-0.15, -0.1) is 0 Å². The molecule has 1 heterocycles. The Balaban J connectivity index is 2.01. The number of benzene rings is 2. The number of hydrazone groups is 1. The van der Waals surface area contributed by atoms with E-state index in [-0.39, 0.29) is 12.3 Å². The number of para-hydroxylation sites is 1. The molecule has 0 unspecified atom stereocenters. The molecule has 0 N–H and O–H groups in total. The smallest absolute Gasteiger partial charge is 0.253 e. The summed E-state index contributed by atoms with van der Waals surface area (Å²) in [4.78, 5) is 12.3. The molecule has 0 radical (unpaired) electrons. The first-order valence-electron chi connectivity index (χ1n) is 6.59. The van der Waals surface area contributed by atoms with Crippen LogP contribution in [0, 0.1) is 0 Å². The van der Waals surface area contributed by atoms with Gasteiger partial charge in [0.2, 0.25) is 0 Å². The van der Waals surface area contributed by atoms with Crippen LogP contribution in [0.2, 0.25) is 10.0 Å². The van der Waals surface area contributed by atoms with Crippen molar-refractivity contribution in [1.82, 2.24) is 0 Å². The van der Waals surface area contributed by atoms with Crippen LogP contribution < -0.4 is 9.75 Å². The third-order valence-corrected chi connectivity index (χ3v) is 3.87. The first-order valence-corrected chi connectivity index (χ1v) is 7.34. The third-order valence-electron chi connectivity index (χ3n) is 3.33. The summed E-state index contributed by atoms with van der Waals surface area (Å²) in [5, 5.41) is 6.60. The lowest BCUT2D eigenvalue weighted by molar-refractivity contribution is -0.116. The number of anilines is 1. The number of ether oxygens (including phenoxy) is 1. The summed E-state index contributed by atoms with van der Waals surface area (Å²) in [6.07, 6.45) is 0.194. The predicted molar refractivity (Wildman–Crippen MR) is 88.1 cm³/mol. The quantitative estimate of drug-likeness (QED) is 0.846. The second-order valence-corrected chi connectivity index (χ2v) is 5.57.